The highest BCUT2D eigenvalue weighted by molar-refractivity contribution is 5.91. The lowest BCUT2D eigenvalue weighted by atomic mass is 10.2. The van der Waals surface area contributed by atoms with Crippen LogP contribution < -0.4 is 10.2 Å². The number of carbonyl (C=O) groups is 1. The van der Waals surface area contributed by atoms with E-state index in [9.17, 15) is 4.79 Å². The fraction of sp³-hybridized carbons (Fsp3) is 0.333. The number of rotatable bonds is 4. The molecule has 23 heavy (non-hydrogen) atoms. The lowest BCUT2D eigenvalue weighted by Gasteiger charge is -2.36. The van der Waals surface area contributed by atoms with Crippen LogP contribution in [0.2, 0.25) is 0 Å². The fourth-order valence-electron chi connectivity index (χ4n) is 2.90. The highest BCUT2D eigenvalue weighted by atomic mass is 16.1. The van der Waals surface area contributed by atoms with Gasteiger partial charge >= 0.3 is 0 Å². The van der Waals surface area contributed by atoms with E-state index in [0.717, 1.165) is 44.2 Å². The summed E-state index contributed by atoms with van der Waals surface area (Å²) in [6, 6.07) is 14.3. The molecular formula is C18H22N4O. The van der Waals surface area contributed by atoms with Crippen LogP contribution in [0.25, 0.3) is 0 Å². The molecular weight excluding hydrogens is 288 g/mol. The lowest BCUT2D eigenvalue weighted by Crippen LogP contribution is -2.46. The third-order valence-corrected chi connectivity index (χ3v) is 4.02. The number of anilines is 2. The number of amides is 1. The van der Waals surface area contributed by atoms with Crippen molar-refractivity contribution in [2.45, 2.75) is 13.5 Å². The highest BCUT2D eigenvalue weighted by Crippen LogP contribution is 2.24. The number of piperazine rings is 1. The summed E-state index contributed by atoms with van der Waals surface area (Å²) in [6.07, 6.45) is 1.77. The van der Waals surface area contributed by atoms with Crippen LogP contribution in [0.3, 0.4) is 0 Å². The van der Waals surface area contributed by atoms with E-state index < -0.39 is 0 Å². The highest BCUT2D eigenvalue weighted by Gasteiger charge is 2.20. The van der Waals surface area contributed by atoms with Gasteiger partial charge in [-0.3, -0.25) is 9.69 Å². The van der Waals surface area contributed by atoms with Crippen molar-refractivity contribution in [1.82, 2.24) is 9.88 Å². The molecule has 1 saturated heterocycles. The molecule has 0 atom stereocenters. The molecule has 0 saturated carbocycles. The molecule has 1 N–H and O–H groups in total. The molecule has 1 aromatic carbocycles. The first kappa shape index (κ1) is 15.5. The van der Waals surface area contributed by atoms with E-state index in [4.69, 9.17) is 0 Å². The van der Waals surface area contributed by atoms with Gasteiger partial charge in [0.1, 0.15) is 0 Å². The van der Waals surface area contributed by atoms with E-state index in [0.29, 0.717) is 0 Å². The van der Waals surface area contributed by atoms with Gasteiger partial charge in [-0.2, -0.15) is 0 Å². The number of hydrogen-bond acceptors (Lipinski definition) is 4. The summed E-state index contributed by atoms with van der Waals surface area (Å²) in [5.74, 6) is 0.795. The Labute approximate surface area is 136 Å². The van der Waals surface area contributed by atoms with E-state index in [-0.39, 0.29) is 5.91 Å². The molecule has 0 unspecified atom stereocenters. The van der Waals surface area contributed by atoms with Crippen molar-refractivity contribution < 1.29 is 4.79 Å². The smallest absolute Gasteiger partial charge is 0.221 e. The van der Waals surface area contributed by atoms with Gasteiger partial charge in [-0.25, -0.2) is 4.98 Å². The largest absolute Gasteiger partial charge is 0.352 e. The first-order valence-corrected chi connectivity index (χ1v) is 7.96. The normalized spacial score (nSPS) is 15.4. The molecule has 1 aromatic heterocycles. The van der Waals surface area contributed by atoms with Crippen LogP contribution in [0.15, 0.2) is 48.7 Å². The summed E-state index contributed by atoms with van der Waals surface area (Å²) in [6.45, 7) is 6.31. The van der Waals surface area contributed by atoms with Crippen molar-refractivity contribution in [1.29, 1.82) is 0 Å². The molecule has 1 aliphatic heterocycles. The monoisotopic (exact) mass is 310 g/mol. The van der Waals surface area contributed by atoms with Crippen molar-refractivity contribution in [3.05, 3.63) is 54.2 Å². The second-order valence-corrected chi connectivity index (χ2v) is 5.80. The zero-order chi connectivity index (χ0) is 16.1. The second kappa shape index (κ2) is 7.24. The molecule has 0 aliphatic carbocycles. The average Bonchev–Trinajstić information content (AvgIpc) is 2.57. The molecule has 0 radical (unpaired) electrons. The predicted octanol–water partition coefficient (Wildman–Crippen LogP) is 2.36. The van der Waals surface area contributed by atoms with Crippen LogP contribution in [0, 0.1) is 0 Å². The van der Waals surface area contributed by atoms with Crippen LogP contribution >= 0.6 is 0 Å². The van der Waals surface area contributed by atoms with Crippen LogP contribution in [0.4, 0.5) is 11.5 Å². The van der Waals surface area contributed by atoms with Gasteiger partial charge in [0.15, 0.2) is 5.82 Å². The van der Waals surface area contributed by atoms with Gasteiger partial charge in [0.2, 0.25) is 5.91 Å². The van der Waals surface area contributed by atoms with Crippen molar-refractivity contribution in [2.24, 2.45) is 0 Å². The third kappa shape index (κ3) is 4.07. The Morgan fingerprint density at radius 3 is 2.52 bits per heavy atom. The number of carbonyl (C=O) groups excluding carboxylic acids is 1. The quantitative estimate of drug-likeness (QED) is 0.942. The van der Waals surface area contributed by atoms with Gasteiger partial charge in [0.05, 0.1) is 5.69 Å². The Morgan fingerprint density at radius 1 is 1.09 bits per heavy atom. The van der Waals surface area contributed by atoms with Crippen molar-refractivity contribution in [2.75, 3.05) is 36.4 Å². The van der Waals surface area contributed by atoms with Crippen molar-refractivity contribution in [3.8, 4) is 0 Å². The maximum absolute atomic E-state index is 11.3. The Kier molecular flexibility index (Phi) is 4.88. The predicted molar refractivity (Wildman–Crippen MR) is 92.5 cm³/mol. The van der Waals surface area contributed by atoms with Gasteiger partial charge in [-0.1, -0.05) is 30.3 Å². The van der Waals surface area contributed by atoms with Gasteiger partial charge in [0.25, 0.3) is 0 Å². The molecule has 1 fully saturated rings. The number of aromatic nitrogens is 1. The van der Waals surface area contributed by atoms with Crippen LogP contribution in [-0.2, 0) is 11.3 Å². The summed E-state index contributed by atoms with van der Waals surface area (Å²) in [4.78, 5) is 20.5. The maximum atomic E-state index is 11.3. The molecule has 5 heteroatoms. The van der Waals surface area contributed by atoms with Crippen LogP contribution in [0.1, 0.15) is 12.5 Å². The molecule has 2 heterocycles. The summed E-state index contributed by atoms with van der Waals surface area (Å²) in [5, 5.41) is 2.87. The van der Waals surface area contributed by atoms with Crippen LogP contribution in [0.5, 0.6) is 0 Å². The summed E-state index contributed by atoms with van der Waals surface area (Å²) in [5.41, 5.74) is 2.13. The SMILES string of the molecule is CC(=O)Nc1cccnc1N1CCN(Cc2ccccc2)CC1. The fourth-order valence-corrected chi connectivity index (χ4v) is 2.90. The Balaban J connectivity index is 1.62. The lowest BCUT2D eigenvalue weighted by molar-refractivity contribution is -0.114. The molecule has 0 bridgehead atoms. The standard InChI is InChI=1S/C18H22N4O/c1-15(23)20-17-8-5-9-19-18(17)22-12-10-21(11-13-22)14-16-6-3-2-4-7-16/h2-9H,10-14H2,1H3,(H,20,23). The van der Waals surface area contributed by atoms with E-state index in [2.05, 4.69) is 44.4 Å². The van der Waals surface area contributed by atoms with E-state index >= 15 is 0 Å². The summed E-state index contributed by atoms with van der Waals surface area (Å²) in [7, 11) is 0. The minimum Gasteiger partial charge on any atom is -0.352 e. The molecule has 120 valence electrons. The van der Waals surface area contributed by atoms with Gasteiger partial charge < -0.3 is 10.2 Å². The number of nitrogens with zero attached hydrogens (tertiary/aromatic N) is 3. The molecule has 3 rings (SSSR count). The minimum absolute atomic E-state index is 0.0676. The van der Waals surface area contributed by atoms with E-state index in [1.807, 2.05) is 18.2 Å². The molecule has 5 nitrogen and oxygen atoms in total. The molecule has 2 aromatic rings. The van der Waals surface area contributed by atoms with Gasteiger partial charge in [-0.15, -0.1) is 0 Å². The van der Waals surface area contributed by atoms with Gasteiger partial charge in [0, 0.05) is 45.8 Å². The molecule has 1 amide bonds. The van der Waals surface area contributed by atoms with Crippen molar-refractivity contribution in [3.63, 3.8) is 0 Å². The first-order chi connectivity index (χ1) is 11.2. The maximum Gasteiger partial charge on any atom is 0.221 e. The Morgan fingerprint density at radius 2 is 1.83 bits per heavy atom. The Bertz CT molecular complexity index is 651. The minimum atomic E-state index is -0.0676. The number of benzene rings is 1. The number of hydrogen-bond donors (Lipinski definition) is 1. The average molecular weight is 310 g/mol. The molecule has 0 spiro atoms. The first-order valence-electron chi connectivity index (χ1n) is 7.96. The molecule has 1 aliphatic rings. The van der Waals surface area contributed by atoms with E-state index in [1.165, 1.54) is 12.5 Å². The topological polar surface area (TPSA) is 48.5 Å². The summed E-state index contributed by atoms with van der Waals surface area (Å²) < 4.78 is 0. The van der Waals surface area contributed by atoms with Gasteiger partial charge in [-0.05, 0) is 17.7 Å². The third-order valence-electron chi connectivity index (χ3n) is 4.02. The second-order valence-electron chi connectivity index (χ2n) is 5.80. The summed E-state index contributed by atoms with van der Waals surface area (Å²) >= 11 is 0. The van der Waals surface area contributed by atoms with E-state index in [1.54, 1.807) is 6.20 Å². The zero-order valence-electron chi connectivity index (χ0n) is 13.4. The van der Waals surface area contributed by atoms with Crippen molar-refractivity contribution >= 4 is 17.4 Å². The Hall–Kier alpha value is -2.40. The number of pyridine rings is 1. The zero-order valence-corrected chi connectivity index (χ0v) is 13.4. The number of nitrogens with one attached hydrogen (secondary N) is 1. The van der Waals surface area contributed by atoms with Crippen LogP contribution in [-0.4, -0.2) is 42.0 Å².